The molecule has 0 radical (unpaired) electrons. The minimum atomic E-state index is -0.875. The number of H-pyrrole nitrogens is 1. The van der Waals surface area contributed by atoms with Gasteiger partial charge in [-0.25, -0.2) is 8.78 Å². The Kier molecular flexibility index (Phi) is 5.29. The zero-order chi connectivity index (χ0) is 24.1. The minimum Gasteiger partial charge on any atom is -0.388 e. The number of nitrogens with zero attached hydrogens (tertiary/aromatic N) is 3. The highest BCUT2D eigenvalue weighted by Crippen LogP contribution is 2.35. The van der Waals surface area contributed by atoms with Gasteiger partial charge in [0.2, 0.25) is 0 Å². The number of likely N-dealkylation sites (N-methyl/N-ethyl adjacent to an activating group) is 1. The van der Waals surface area contributed by atoms with Gasteiger partial charge >= 0.3 is 0 Å². The van der Waals surface area contributed by atoms with E-state index in [2.05, 4.69) is 62.5 Å². The first kappa shape index (κ1) is 21.8. The molecule has 3 aromatic carbocycles. The predicted octanol–water partition coefficient (Wildman–Crippen LogP) is 5.58. The quantitative estimate of drug-likeness (QED) is 0.408. The van der Waals surface area contributed by atoms with Crippen LogP contribution in [0.3, 0.4) is 0 Å². The molecule has 0 aliphatic carbocycles. The molecule has 0 saturated carbocycles. The van der Waals surface area contributed by atoms with Crippen molar-refractivity contribution >= 4 is 33.7 Å². The molecule has 3 heterocycles. The van der Waals surface area contributed by atoms with Gasteiger partial charge in [0.1, 0.15) is 0 Å². The third kappa shape index (κ3) is 3.96. The van der Waals surface area contributed by atoms with Crippen LogP contribution in [0.4, 0.5) is 25.8 Å². The van der Waals surface area contributed by atoms with Crippen LogP contribution in [0.2, 0.25) is 0 Å². The van der Waals surface area contributed by atoms with E-state index in [-0.39, 0.29) is 5.56 Å². The topological polar surface area (TPSA) is 46.7 Å². The molecule has 2 N–H and O–H groups in total. The van der Waals surface area contributed by atoms with Gasteiger partial charge in [0.05, 0.1) is 11.4 Å². The third-order valence-corrected chi connectivity index (χ3v) is 7.11. The van der Waals surface area contributed by atoms with Crippen molar-refractivity contribution < 1.29 is 8.78 Å². The Balaban J connectivity index is 1.27. The fraction of sp³-hybridized carbons (Fsp3) is 0.250. The van der Waals surface area contributed by atoms with Crippen LogP contribution in [0.5, 0.6) is 0 Å². The Morgan fingerprint density at radius 3 is 2.57 bits per heavy atom. The Hall–Kier alpha value is -3.71. The van der Waals surface area contributed by atoms with Crippen molar-refractivity contribution in [3.05, 3.63) is 77.4 Å². The summed E-state index contributed by atoms with van der Waals surface area (Å²) in [6.45, 7) is 4.21. The number of anilines is 2. The number of aromatic amines is 1. The third-order valence-electron chi connectivity index (χ3n) is 7.11. The summed E-state index contributed by atoms with van der Waals surface area (Å²) in [5.41, 5.74) is 7.49. The smallest absolute Gasteiger partial charge is 0.168 e. The highest BCUT2D eigenvalue weighted by atomic mass is 19.2. The normalized spacial score (nSPS) is 16.0. The van der Waals surface area contributed by atoms with Crippen LogP contribution in [0, 0.1) is 11.6 Å². The van der Waals surface area contributed by atoms with Gasteiger partial charge in [0.15, 0.2) is 11.6 Å². The first-order valence-corrected chi connectivity index (χ1v) is 11.9. The molecular weight excluding hydrogens is 444 g/mol. The molecule has 0 atom stereocenters. The first-order valence-electron chi connectivity index (χ1n) is 11.9. The van der Waals surface area contributed by atoms with Crippen molar-refractivity contribution in [1.29, 1.82) is 0 Å². The maximum absolute atomic E-state index is 14.5. The fourth-order valence-corrected chi connectivity index (χ4v) is 5.00. The lowest BCUT2D eigenvalue weighted by atomic mass is 10.0. The molecule has 0 spiro atoms. The van der Waals surface area contributed by atoms with E-state index in [9.17, 15) is 8.78 Å². The summed E-state index contributed by atoms with van der Waals surface area (Å²) < 4.78 is 28.6. The summed E-state index contributed by atoms with van der Waals surface area (Å²) in [4.78, 5) is 13.0. The second-order valence-corrected chi connectivity index (χ2v) is 9.39. The molecule has 1 fully saturated rings. The van der Waals surface area contributed by atoms with E-state index in [4.69, 9.17) is 0 Å². The van der Waals surface area contributed by atoms with Crippen molar-refractivity contribution in [3.8, 4) is 11.3 Å². The molecule has 4 aromatic rings. The molecule has 0 unspecified atom stereocenters. The Morgan fingerprint density at radius 1 is 0.943 bits per heavy atom. The van der Waals surface area contributed by atoms with Crippen LogP contribution in [0.25, 0.3) is 22.2 Å². The second-order valence-electron chi connectivity index (χ2n) is 9.39. The number of rotatable bonds is 4. The Bertz CT molecular complexity index is 1460. The van der Waals surface area contributed by atoms with Gasteiger partial charge in [-0.1, -0.05) is 12.1 Å². The molecular formula is C28H27F2N5. The zero-order valence-electron chi connectivity index (χ0n) is 19.8. The molecule has 7 heteroatoms. The van der Waals surface area contributed by atoms with E-state index in [1.54, 1.807) is 13.1 Å². The van der Waals surface area contributed by atoms with Crippen LogP contribution >= 0.6 is 0 Å². The zero-order valence-corrected chi connectivity index (χ0v) is 19.8. The van der Waals surface area contributed by atoms with Crippen LogP contribution in [0.15, 0.2) is 59.6 Å². The SMILES string of the molecule is CNc1cc(F)c(F)c(C2=Nc3ccc(-c4cc5ccc(N6CCN(C)CC6)cc5[nH]4)cc3C2)c1. The maximum atomic E-state index is 14.5. The number of aromatic nitrogens is 1. The summed E-state index contributed by atoms with van der Waals surface area (Å²) in [7, 11) is 3.85. The van der Waals surface area contributed by atoms with E-state index < -0.39 is 11.6 Å². The second kappa shape index (κ2) is 8.50. The monoisotopic (exact) mass is 471 g/mol. The number of benzene rings is 3. The van der Waals surface area contributed by atoms with Crippen LogP contribution < -0.4 is 10.2 Å². The summed E-state index contributed by atoms with van der Waals surface area (Å²) >= 11 is 0. The van der Waals surface area contributed by atoms with Crippen LogP contribution in [0.1, 0.15) is 11.1 Å². The van der Waals surface area contributed by atoms with Gasteiger partial charge in [-0.05, 0) is 54.6 Å². The predicted molar refractivity (Wildman–Crippen MR) is 139 cm³/mol. The summed E-state index contributed by atoms with van der Waals surface area (Å²) in [6, 6.07) is 17.6. The van der Waals surface area contributed by atoms with E-state index in [1.807, 2.05) is 12.1 Å². The van der Waals surface area contributed by atoms with Crippen LogP contribution in [-0.4, -0.2) is 55.9 Å². The van der Waals surface area contributed by atoms with E-state index in [1.165, 1.54) is 5.69 Å². The Labute approximate surface area is 203 Å². The van der Waals surface area contributed by atoms with E-state index in [0.29, 0.717) is 17.8 Å². The van der Waals surface area contributed by atoms with E-state index in [0.717, 1.165) is 65.7 Å². The van der Waals surface area contributed by atoms with Crippen molar-refractivity contribution in [3.63, 3.8) is 0 Å². The van der Waals surface area contributed by atoms with Crippen LogP contribution in [-0.2, 0) is 6.42 Å². The number of aliphatic imine (C=N–C) groups is 1. The molecule has 1 aromatic heterocycles. The van der Waals surface area contributed by atoms with Gasteiger partial charge in [-0.2, -0.15) is 0 Å². The first-order chi connectivity index (χ1) is 17.0. The molecule has 178 valence electrons. The van der Waals surface area contributed by atoms with Gasteiger partial charge < -0.3 is 20.1 Å². The number of hydrogen-bond acceptors (Lipinski definition) is 4. The minimum absolute atomic E-state index is 0.203. The lowest BCUT2D eigenvalue weighted by Gasteiger charge is -2.34. The largest absolute Gasteiger partial charge is 0.388 e. The molecule has 5 nitrogen and oxygen atoms in total. The lowest BCUT2D eigenvalue weighted by molar-refractivity contribution is 0.313. The Morgan fingerprint density at radius 2 is 1.77 bits per heavy atom. The van der Waals surface area contributed by atoms with Crippen molar-refractivity contribution in [1.82, 2.24) is 9.88 Å². The summed E-state index contributed by atoms with van der Waals surface area (Å²) in [5.74, 6) is -1.73. The van der Waals surface area contributed by atoms with Crippen molar-refractivity contribution in [2.45, 2.75) is 6.42 Å². The summed E-state index contributed by atoms with van der Waals surface area (Å²) in [6.07, 6.45) is 0.459. The molecule has 0 bridgehead atoms. The average molecular weight is 472 g/mol. The molecule has 0 amide bonds. The number of hydrogen-bond donors (Lipinski definition) is 2. The van der Waals surface area contributed by atoms with Gasteiger partial charge in [0, 0.05) is 79.2 Å². The van der Waals surface area contributed by atoms with Crippen molar-refractivity contribution in [2.75, 3.05) is 50.5 Å². The van der Waals surface area contributed by atoms with Gasteiger partial charge in [-0.3, -0.25) is 4.99 Å². The number of fused-ring (bicyclic) bond motifs is 2. The average Bonchev–Trinajstić information content (AvgIpc) is 3.49. The number of halogens is 2. The molecule has 2 aliphatic rings. The number of nitrogens with one attached hydrogen (secondary N) is 2. The highest BCUT2D eigenvalue weighted by molar-refractivity contribution is 6.07. The number of piperazine rings is 1. The molecule has 6 rings (SSSR count). The van der Waals surface area contributed by atoms with E-state index >= 15 is 0 Å². The van der Waals surface area contributed by atoms with Gasteiger partial charge in [0.25, 0.3) is 0 Å². The fourth-order valence-electron chi connectivity index (χ4n) is 5.00. The van der Waals surface area contributed by atoms with Crippen molar-refractivity contribution in [2.24, 2.45) is 4.99 Å². The standard InChI is InChI=1S/C28H27F2N5/c1-31-20-14-22(28(30)23(29)15-20)27-13-19-11-17(4-6-24(19)32-27)25-12-18-3-5-21(16-26(18)33-25)35-9-7-34(2)8-10-35/h3-6,11-12,14-16,31,33H,7-10,13H2,1-2H3. The lowest BCUT2D eigenvalue weighted by Crippen LogP contribution is -2.44. The summed E-state index contributed by atoms with van der Waals surface area (Å²) in [5, 5.41) is 4.04. The molecule has 1 saturated heterocycles. The molecule has 2 aliphatic heterocycles. The van der Waals surface area contributed by atoms with Gasteiger partial charge in [-0.15, -0.1) is 0 Å². The molecule has 35 heavy (non-hydrogen) atoms. The highest BCUT2D eigenvalue weighted by Gasteiger charge is 2.22. The maximum Gasteiger partial charge on any atom is 0.168 e.